The lowest BCUT2D eigenvalue weighted by Gasteiger charge is -2.56. The molecule has 2 unspecified atom stereocenters. The van der Waals surface area contributed by atoms with Crippen molar-refractivity contribution in [1.82, 2.24) is 14.9 Å². The molecule has 3 aliphatic heterocycles. The van der Waals surface area contributed by atoms with E-state index in [0.717, 1.165) is 41.6 Å². The molecule has 1 N–H and O–H groups in total. The first-order valence-electron chi connectivity index (χ1n) is 7.79. The zero-order chi connectivity index (χ0) is 16.0. The van der Waals surface area contributed by atoms with Crippen LogP contribution in [0.2, 0.25) is 0 Å². The zero-order valence-corrected chi connectivity index (χ0v) is 14.0. The van der Waals surface area contributed by atoms with Gasteiger partial charge >= 0.3 is 6.03 Å². The number of hydrogen-bond acceptors (Lipinski definition) is 5. The molecular formula is C16H19N5OS. The monoisotopic (exact) mass is 329 g/mol. The Morgan fingerprint density at radius 2 is 2.09 bits per heavy atom. The minimum Gasteiger partial charge on any atom is -0.352 e. The maximum atomic E-state index is 12.4. The van der Waals surface area contributed by atoms with Crippen LogP contribution in [0.1, 0.15) is 17.7 Å². The van der Waals surface area contributed by atoms with Gasteiger partial charge in [0.2, 0.25) is 0 Å². The van der Waals surface area contributed by atoms with E-state index in [1.165, 1.54) is 0 Å². The molecule has 0 aromatic carbocycles. The van der Waals surface area contributed by atoms with Crippen molar-refractivity contribution >= 4 is 28.2 Å². The number of amides is 2. The third-order valence-corrected chi connectivity index (χ3v) is 5.57. The Labute approximate surface area is 139 Å². The minimum atomic E-state index is 0.0175. The molecular weight excluding hydrogens is 310 g/mol. The van der Waals surface area contributed by atoms with Gasteiger partial charge in [-0.3, -0.25) is 5.32 Å². The summed E-state index contributed by atoms with van der Waals surface area (Å²) in [5, 5.41) is 5.86. The first kappa shape index (κ1) is 14.4. The van der Waals surface area contributed by atoms with Crippen LogP contribution in [0, 0.1) is 13.8 Å². The van der Waals surface area contributed by atoms with Gasteiger partial charge in [0.25, 0.3) is 0 Å². The first-order chi connectivity index (χ1) is 11.1. The lowest BCUT2D eigenvalue weighted by molar-refractivity contribution is 0.0436. The fourth-order valence-electron chi connectivity index (χ4n) is 3.48. The van der Waals surface area contributed by atoms with Gasteiger partial charge in [0.05, 0.1) is 17.1 Å². The topological polar surface area (TPSA) is 61.4 Å². The van der Waals surface area contributed by atoms with E-state index >= 15 is 0 Å². The molecule has 0 radical (unpaired) electrons. The average molecular weight is 329 g/mol. The SMILES string of the molecule is Cc1ncnc(N2CC3CC(C2)N3C(=O)Nc2cccs2)c1C. The number of thiophene rings is 1. The molecule has 2 amide bonds. The van der Waals surface area contributed by atoms with Gasteiger partial charge < -0.3 is 9.80 Å². The van der Waals surface area contributed by atoms with E-state index in [4.69, 9.17) is 0 Å². The maximum Gasteiger partial charge on any atom is 0.323 e. The third-order valence-electron chi connectivity index (χ3n) is 4.79. The van der Waals surface area contributed by atoms with Crippen LogP contribution in [0.3, 0.4) is 0 Å². The fourth-order valence-corrected chi connectivity index (χ4v) is 4.09. The van der Waals surface area contributed by atoms with Gasteiger partial charge in [0.1, 0.15) is 12.1 Å². The zero-order valence-electron chi connectivity index (χ0n) is 13.2. The molecule has 3 saturated heterocycles. The van der Waals surface area contributed by atoms with Crippen LogP contribution in [-0.4, -0.2) is 46.1 Å². The molecule has 5 rings (SSSR count). The highest BCUT2D eigenvalue weighted by atomic mass is 32.1. The van der Waals surface area contributed by atoms with Crippen LogP contribution >= 0.6 is 11.3 Å². The Morgan fingerprint density at radius 3 is 2.78 bits per heavy atom. The number of piperidine rings is 1. The highest BCUT2D eigenvalue weighted by Gasteiger charge is 2.47. The molecule has 2 atom stereocenters. The van der Waals surface area contributed by atoms with E-state index in [1.807, 2.05) is 29.3 Å². The summed E-state index contributed by atoms with van der Waals surface area (Å²) in [6.07, 6.45) is 2.70. The van der Waals surface area contributed by atoms with Crippen molar-refractivity contribution in [3.8, 4) is 0 Å². The molecule has 6 nitrogen and oxygen atoms in total. The lowest BCUT2D eigenvalue weighted by Crippen LogP contribution is -2.71. The molecule has 120 valence electrons. The van der Waals surface area contributed by atoms with E-state index in [0.29, 0.717) is 0 Å². The van der Waals surface area contributed by atoms with Crippen molar-refractivity contribution in [2.24, 2.45) is 0 Å². The third kappa shape index (κ3) is 2.45. The summed E-state index contributed by atoms with van der Waals surface area (Å²) in [5.41, 5.74) is 2.14. The number of aryl methyl sites for hydroxylation is 1. The molecule has 3 aliphatic rings. The number of fused-ring (bicyclic) bond motifs is 2. The van der Waals surface area contributed by atoms with Crippen LogP contribution in [0.25, 0.3) is 0 Å². The van der Waals surface area contributed by atoms with Gasteiger partial charge in [0, 0.05) is 24.3 Å². The number of urea groups is 1. The summed E-state index contributed by atoms with van der Waals surface area (Å²) in [7, 11) is 0. The van der Waals surface area contributed by atoms with Gasteiger partial charge in [-0.2, -0.15) is 0 Å². The van der Waals surface area contributed by atoms with Crippen LogP contribution in [-0.2, 0) is 0 Å². The smallest absolute Gasteiger partial charge is 0.323 e. The van der Waals surface area contributed by atoms with Crippen molar-refractivity contribution in [1.29, 1.82) is 0 Å². The average Bonchev–Trinajstić information content (AvgIpc) is 3.02. The molecule has 5 heterocycles. The van der Waals surface area contributed by atoms with E-state index in [2.05, 4.69) is 27.1 Å². The summed E-state index contributed by atoms with van der Waals surface area (Å²) >= 11 is 1.55. The number of nitrogens with zero attached hydrogens (tertiary/aromatic N) is 4. The van der Waals surface area contributed by atoms with Gasteiger partial charge in [-0.15, -0.1) is 11.3 Å². The predicted octanol–water partition coefficient (Wildman–Crippen LogP) is 2.65. The highest BCUT2D eigenvalue weighted by Crippen LogP contribution is 2.35. The summed E-state index contributed by atoms with van der Waals surface area (Å²) in [5.74, 6) is 1.01. The van der Waals surface area contributed by atoms with Crippen LogP contribution in [0.5, 0.6) is 0 Å². The van der Waals surface area contributed by atoms with Crippen LogP contribution in [0.15, 0.2) is 23.8 Å². The summed E-state index contributed by atoms with van der Waals surface area (Å²) in [4.78, 5) is 25.4. The second-order valence-electron chi connectivity index (χ2n) is 6.17. The second kappa shape index (κ2) is 5.49. The number of carbonyl (C=O) groups is 1. The number of rotatable bonds is 2. The molecule has 0 saturated carbocycles. The Morgan fingerprint density at radius 1 is 1.30 bits per heavy atom. The lowest BCUT2D eigenvalue weighted by atomic mass is 9.87. The standard InChI is InChI=1S/C16H19N5OS/c1-10-11(2)17-9-18-15(10)20-7-12-6-13(8-20)21(12)16(22)19-14-4-3-5-23-14/h3-5,9,12-13H,6-8H2,1-2H3,(H,19,22). The molecule has 2 aromatic heterocycles. The normalized spacial score (nSPS) is 22.7. The Kier molecular flexibility index (Phi) is 3.45. The molecule has 3 fully saturated rings. The molecule has 23 heavy (non-hydrogen) atoms. The van der Waals surface area contributed by atoms with E-state index in [9.17, 15) is 4.79 Å². The number of hydrogen-bond donors (Lipinski definition) is 1. The van der Waals surface area contributed by atoms with Gasteiger partial charge in [-0.05, 0) is 37.8 Å². The van der Waals surface area contributed by atoms with Gasteiger partial charge in [-0.1, -0.05) is 0 Å². The molecule has 2 bridgehead atoms. The fraction of sp³-hybridized carbons (Fsp3) is 0.438. The van der Waals surface area contributed by atoms with Crippen molar-refractivity contribution in [3.63, 3.8) is 0 Å². The number of anilines is 2. The van der Waals surface area contributed by atoms with Gasteiger partial charge in [0.15, 0.2) is 0 Å². The molecule has 0 spiro atoms. The predicted molar refractivity (Wildman–Crippen MR) is 91.1 cm³/mol. The molecule has 7 heteroatoms. The van der Waals surface area contributed by atoms with Crippen molar-refractivity contribution in [2.45, 2.75) is 32.4 Å². The number of piperazine rings is 1. The first-order valence-corrected chi connectivity index (χ1v) is 8.67. The molecule has 0 aliphatic carbocycles. The highest BCUT2D eigenvalue weighted by molar-refractivity contribution is 7.14. The Bertz CT molecular complexity index is 720. The van der Waals surface area contributed by atoms with Crippen LogP contribution < -0.4 is 10.2 Å². The van der Waals surface area contributed by atoms with Crippen molar-refractivity contribution in [3.05, 3.63) is 35.1 Å². The van der Waals surface area contributed by atoms with E-state index in [-0.39, 0.29) is 18.1 Å². The largest absolute Gasteiger partial charge is 0.352 e. The van der Waals surface area contributed by atoms with Crippen molar-refractivity contribution in [2.75, 3.05) is 23.3 Å². The maximum absolute atomic E-state index is 12.4. The second-order valence-corrected chi connectivity index (χ2v) is 7.12. The summed E-state index contributed by atoms with van der Waals surface area (Å²) < 4.78 is 0. The van der Waals surface area contributed by atoms with Gasteiger partial charge in [-0.25, -0.2) is 14.8 Å². The molecule has 2 aromatic rings. The summed E-state index contributed by atoms with van der Waals surface area (Å²) in [6.45, 7) is 5.75. The number of aromatic nitrogens is 2. The quantitative estimate of drug-likeness (QED) is 0.920. The van der Waals surface area contributed by atoms with E-state index < -0.39 is 0 Å². The Balaban J connectivity index is 1.46. The Hall–Kier alpha value is -2.15. The minimum absolute atomic E-state index is 0.0175. The number of nitrogens with one attached hydrogen (secondary N) is 1. The van der Waals surface area contributed by atoms with E-state index in [1.54, 1.807) is 17.7 Å². The van der Waals surface area contributed by atoms with Crippen molar-refractivity contribution < 1.29 is 4.79 Å². The number of carbonyl (C=O) groups excluding carboxylic acids is 1. The summed E-state index contributed by atoms with van der Waals surface area (Å²) in [6, 6.07) is 4.42. The van der Waals surface area contributed by atoms with Crippen LogP contribution in [0.4, 0.5) is 15.6 Å².